The standard InChI is InChI=1S/C11H13N.C2H6/c1-5-10-7-8(3)12-9(4)11(10)6-2;1-2/h5-7H,1-2H2,3-4H3;1-2H3. The van der Waals surface area contributed by atoms with Gasteiger partial charge in [-0.25, -0.2) is 0 Å². The van der Waals surface area contributed by atoms with Crippen LogP contribution in [0.3, 0.4) is 0 Å². The topological polar surface area (TPSA) is 12.9 Å². The molecule has 0 saturated carbocycles. The molecule has 1 aromatic heterocycles. The van der Waals surface area contributed by atoms with Gasteiger partial charge in [0.2, 0.25) is 0 Å². The molecule has 1 heteroatoms. The van der Waals surface area contributed by atoms with Crippen molar-refractivity contribution in [3.05, 3.63) is 41.7 Å². The lowest BCUT2D eigenvalue weighted by Crippen LogP contribution is -1.93. The molecule has 0 aromatic carbocycles. The first-order valence-corrected chi connectivity index (χ1v) is 4.92. The predicted octanol–water partition coefficient (Wildman–Crippen LogP) is 4.01. The maximum Gasteiger partial charge on any atom is 0.0453 e. The number of rotatable bonds is 2. The van der Waals surface area contributed by atoms with E-state index in [0.717, 1.165) is 22.5 Å². The molecule has 0 unspecified atom stereocenters. The lowest BCUT2D eigenvalue weighted by atomic mass is 10.1. The van der Waals surface area contributed by atoms with Crippen LogP contribution in [0.2, 0.25) is 0 Å². The summed E-state index contributed by atoms with van der Waals surface area (Å²) in [5.41, 5.74) is 4.22. The van der Waals surface area contributed by atoms with Crippen LogP contribution in [-0.4, -0.2) is 4.98 Å². The van der Waals surface area contributed by atoms with Crippen LogP contribution in [0.25, 0.3) is 12.2 Å². The maximum absolute atomic E-state index is 4.33. The lowest BCUT2D eigenvalue weighted by Gasteiger charge is -2.05. The molecule has 0 fully saturated rings. The summed E-state index contributed by atoms with van der Waals surface area (Å²) in [6, 6.07) is 2.01. The molecule has 0 aliphatic heterocycles. The monoisotopic (exact) mass is 189 g/mol. The first kappa shape index (κ1) is 12.6. The molecule has 0 amide bonds. The average Bonchev–Trinajstić information content (AvgIpc) is 2.19. The molecule has 0 spiro atoms. The largest absolute Gasteiger partial charge is 0.258 e. The number of hydrogen-bond acceptors (Lipinski definition) is 1. The van der Waals surface area contributed by atoms with E-state index in [1.54, 1.807) is 0 Å². The second kappa shape index (κ2) is 6.14. The second-order valence-corrected chi connectivity index (χ2v) is 2.76. The van der Waals surface area contributed by atoms with Crippen molar-refractivity contribution in [3.8, 4) is 0 Å². The Kier molecular flexibility index (Phi) is 5.54. The first-order chi connectivity index (χ1) is 6.69. The van der Waals surface area contributed by atoms with Gasteiger partial charge >= 0.3 is 0 Å². The van der Waals surface area contributed by atoms with Crippen LogP contribution in [0, 0.1) is 13.8 Å². The predicted molar refractivity (Wildman–Crippen MR) is 65.2 cm³/mol. The summed E-state index contributed by atoms with van der Waals surface area (Å²) in [5, 5.41) is 0. The van der Waals surface area contributed by atoms with Gasteiger partial charge in [-0.05, 0) is 25.5 Å². The van der Waals surface area contributed by atoms with E-state index in [0.29, 0.717) is 0 Å². The molecule has 1 heterocycles. The molecular formula is C13H19N. The fourth-order valence-electron chi connectivity index (χ4n) is 1.30. The molecule has 1 aromatic rings. The number of pyridine rings is 1. The van der Waals surface area contributed by atoms with Crippen molar-refractivity contribution in [1.29, 1.82) is 0 Å². The number of aromatic nitrogens is 1. The Balaban J connectivity index is 0.000000791. The molecule has 0 aliphatic carbocycles. The zero-order valence-corrected chi connectivity index (χ0v) is 9.59. The molecule has 0 saturated heterocycles. The molecule has 1 nitrogen and oxygen atoms in total. The molecule has 0 aliphatic rings. The summed E-state index contributed by atoms with van der Waals surface area (Å²) in [7, 11) is 0. The molecule has 76 valence electrons. The van der Waals surface area contributed by atoms with Gasteiger partial charge in [0.1, 0.15) is 0 Å². The van der Waals surface area contributed by atoms with Gasteiger partial charge in [0.15, 0.2) is 0 Å². The van der Waals surface area contributed by atoms with Crippen LogP contribution in [0.5, 0.6) is 0 Å². The highest BCUT2D eigenvalue weighted by Gasteiger charge is 2.01. The van der Waals surface area contributed by atoms with E-state index >= 15 is 0 Å². The van der Waals surface area contributed by atoms with Crippen LogP contribution in [-0.2, 0) is 0 Å². The molecule has 0 N–H and O–H groups in total. The Morgan fingerprint density at radius 3 is 2.14 bits per heavy atom. The van der Waals surface area contributed by atoms with Crippen molar-refractivity contribution in [3.63, 3.8) is 0 Å². The Hall–Kier alpha value is -1.37. The number of aryl methyl sites for hydroxylation is 2. The quantitative estimate of drug-likeness (QED) is 0.685. The van der Waals surface area contributed by atoms with Crippen LogP contribution in [0.1, 0.15) is 36.4 Å². The third kappa shape index (κ3) is 2.84. The van der Waals surface area contributed by atoms with Crippen molar-refractivity contribution < 1.29 is 0 Å². The normalized spacial score (nSPS) is 8.57. The zero-order valence-electron chi connectivity index (χ0n) is 9.59. The zero-order chi connectivity index (χ0) is 11.1. The lowest BCUT2D eigenvalue weighted by molar-refractivity contribution is 1.11. The van der Waals surface area contributed by atoms with Gasteiger partial charge in [0.25, 0.3) is 0 Å². The summed E-state index contributed by atoms with van der Waals surface area (Å²) in [6.45, 7) is 15.5. The first-order valence-electron chi connectivity index (χ1n) is 4.92. The van der Waals surface area contributed by atoms with E-state index in [-0.39, 0.29) is 0 Å². The number of hydrogen-bond donors (Lipinski definition) is 0. The Bertz CT molecular complexity index is 324. The third-order valence-corrected chi connectivity index (χ3v) is 1.83. The fourth-order valence-corrected chi connectivity index (χ4v) is 1.30. The minimum Gasteiger partial charge on any atom is -0.258 e. The van der Waals surface area contributed by atoms with Crippen LogP contribution in [0.4, 0.5) is 0 Å². The minimum atomic E-state index is 1.01. The van der Waals surface area contributed by atoms with Gasteiger partial charge in [-0.2, -0.15) is 0 Å². The van der Waals surface area contributed by atoms with Crippen LogP contribution in [0.15, 0.2) is 19.2 Å². The third-order valence-electron chi connectivity index (χ3n) is 1.83. The van der Waals surface area contributed by atoms with Crippen LogP contribution >= 0.6 is 0 Å². The van der Waals surface area contributed by atoms with Crippen molar-refractivity contribution in [1.82, 2.24) is 4.98 Å². The fraction of sp³-hybridized carbons (Fsp3) is 0.308. The molecule has 0 bridgehead atoms. The van der Waals surface area contributed by atoms with Gasteiger partial charge in [-0.3, -0.25) is 4.98 Å². The second-order valence-electron chi connectivity index (χ2n) is 2.76. The van der Waals surface area contributed by atoms with Gasteiger partial charge in [0.05, 0.1) is 0 Å². The van der Waals surface area contributed by atoms with Gasteiger partial charge in [0, 0.05) is 17.0 Å². The van der Waals surface area contributed by atoms with E-state index in [1.807, 2.05) is 45.9 Å². The van der Waals surface area contributed by atoms with E-state index in [2.05, 4.69) is 18.1 Å². The SMILES string of the molecule is C=Cc1cc(C)nc(C)c1C=C.CC. The summed E-state index contributed by atoms with van der Waals surface area (Å²) in [5.74, 6) is 0. The molecular weight excluding hydrogens is 170 g/mol. The Labute approximate surface area is 87.2 Å². The summed E-state index contributed by atoms with van der Waals surface area (Å²) in [4.78, 5) is 4.33. The highest BCUT2D eigenvalue weighted by atomic mass is 14.7. The summed E-state index contributed by atoms with van der Waals surface area (Å²) >= 11 is 0. The highest BCUT2D eigenvalue weighted by Crippen LogP contribution is 2.16. The average molecular weight is 189 g/mol. The van der Waals surface area contributed by atoms with Crippen molar-refractivity contribution in [2.45, 2.75) is 27.7 Å². The van der Waals surface area contributed by atoms with E-state index in [4.69, 9.17) is 0 Å². The van der Waals surface area contributed by atoms with Crippen molar-refractivity contribution >= 4 is 12.2 Å². The minimum absolute atomic E-state index is 1.01. The number of nitrogens with zero attached hydrogens (tertiary/aromatic N) is 1. The summed E-state index contributed by atoms with van der Waals surface area (Å²) < 4.78 is 0. The Morgan fingerprint density at radius 1 is 1.14 bits per heavy atom. The highest BCUT2D eigenvalue weighted by molar-refractivity contribution is 5.65. The van der Waals surface area contributed by atoms with Crippen molar-refractivity contribution in [2.75, 3.05) is 0 Å². The van der Waals surface area contributed by atoms with E-state index in [1.165, 1.54) is 0 Å². The van der Waals surface area contributed by atoms with Gasteiger partial charge in [-0.1, -0.05) is 39.2 Å². The smallest absolute Gasteiger partial charge is 0.0453 e. The van der Waals surface area contributed by atoms with Crippen molar-refractivity contribution in [2.24, 2.45) is 0 Å². The molecule has 0 radical (unpaired) electrons. The Morgan fingerprint density at radius 2 is 1.71 bits per heavy atom. The molecule has 14 heavy (non-hydrogen) atoms. The van der Waals surface area contributed by atoms with E-state index in [9.17, 15) is 0 Å². The molecule has 0 atom stereocenters. The van der Waals surface area contributed by atoms with Crippen LogP contribution < -0.4 is 0 Å². The summed E-state index contributed by atoms with van der Waals surface area (Å²) in [6.07, 6.45) is 3.65. The molecule has 1 rings (SSSR count). The van der Waals surface area contributed by atoms with E-state index < -0.39 is 0 Å². The van der Waals surface area contributed by atoms with Gasteiger partial charge in [-0.15, -0.1) is 0 Å². The maximum atomic E-state index is 4.33. The van der Waals surface area contributed by atoms with Gasteiger partial charge < -0.3 is 0 Å².